The number of hydrogen-bond acceptors (Lipinski definition) is 8. The van der Waals surface area contributed by atoms with Crippen LogP contribution in [-0.4, -0.2) is 70.0 Å². The van der Waals surface area contributed by atoms with Crippen molar-refractivity contribution in [1.82, 2.24) is 0 Å². The molecule has 0 bridgehead atoms. The molecule has 10 heteroatoms. The number of unbranched alkanes of at least 4 members (excludes halogenated alkanes) is 25. The Balaban J connectivity index is 4.25. The highest BCUT2D eigenvalue weighted by molar-refractivity contribution is 7.45. The van der Waals surface area contributed by atoms with Crippen molar-refractivity contribution in [2.75, 3.05) is 47.5 Å². The molecule has 0 heterocycles. The number of carbonyl (C=O) groups is 2. The number of ether oxygens (including phenoxy) is 2. The Labute approximate surface area is 388 Å². The minimum absolute atomic E-state index is 0.0344. The number of allylic oxidation sites excluding steroid dienone is 8. The lowest BCUT2D eigenvalue weighted by atomic mass is 10.0. The molecule has 0 aliphatic rings. The van der Waals surface area contributed by atoms with E-state index in [1.807, 2.05) is 21.1 Å². The Kier molecular flexibility index (Phi) is 43.7. The van der Waals surface area contributed by atoms with Gasteiger partial charge in [0.15, 0.2) is 6.10 Å². The Morgan fingerprint density at radius 1 is 0.492 bits per heavy atom. The summed E-state index contributed by atoms with van der Waals surface area (Å²) in [5.74, 6) is -0.849. The summed E-state index contributed by atoms with van der Waals surface area (Å²) >= 11 is 0. The van der Waals surface area contributed by atoms with Crippen LogP contribution in [0.3, 0.4) is 0 Å². The first-order valence-corrected chi connectivity index (χ1v) is 27.3. The molecule has 0 aliphatic heterocycles. The zero-order valence-electron chi connectivity index (χ0n) is 41.5. The predicted molar refractivity (Wildman–Crippen MR) is 264 cm³/mol. The second kappa shape index (κ2) is 45.1. The molecule has 0 spiro atoms. The average Bonchev–Trinajstić information content (AvgIpc) is 3.24. The van der Waals surface area contributed by atoms with E-state index >= 15 is 0 Å². The van der Waals surface area contributed by atoms with E-state index < -0.39 is 32.5 Å². The number of carbonyl (C=O) groups excluding carboxylic acids is 2. The van der Waals surface area contributed by atoms with E-state index in [4.69, 9.17) is 18.5 Å². The fourth-order valence-electron chi connectivity index (χ4n) is 7.01. The van der Waals surface area contributed by atoms with Crippen LogP contribution in [0.5, 0.6) is 0 Å². The molecule has 2 unspecified atom stereocenters. The highest BCUT2D eigenvalue weighted by atomic mass is 31.2. The number of esters is 2. The molecule has 9 nitrogen and oxygen atoms in total. The van der Waals surface area contributed by atoms with E-state index in [1.165, 1.54) is 122 Å². The van der Waals surface area contributed by atoms with Gasteiger partial charge < -0.3 is 27.9 Å². The van der Waals surface area contributed by atoms with Crippen molar-refractivity contribution >= 4 is 19.8 Å². The molecule has 0 aromatic heterocycles. The third-order valence-corrected chi connectivity index (χ3v) is 12.0. The molecule has 0 rings (SSSR count). The fourth-order valence-corrected chi connectivity index (χ4v) is 7.74. The summed E-state index contributed by atoms with van der Waals surface area (Å²) in [7, 11) is 1.16. The number of rotatable bonds is 47. The van der Waals surface area contributed by atoms with Gasteiger partial charge in [-0.25, -0.2) is 0 Å². The number of phosphoric acid groups is 1. The van der Waals surface area contributed by atoms with Gasteiger partial charge in [-0.3, -0.25) is 14.2 Å². The molecule has 0 aromatic carbocycles. The van der Waals surface area contributed by atoms with E-state index in [1.54, 1.807) is 0 Å². The molecule has 0 amide bonds. The molecular formula is C53H98NO8P. The first-order valence-electron chi connectivity index (χ1n) is 25.8. The van der Waals surface area contributed by atoms with E-state index in [0.29, 0.717) is 23.9 Å². The van der Waals surface area contributed by atoms with Gasteiger partial charge in [0.25, 0.3) is 7.82 Å². The van der Waals surface area contributed by atoms with Crippen molar-refractivity contribution in [3.63, 3.8) is 0 Å². The fraction of sp³-hybridized carbons (Fsp3) is 0.811. The summed E-state index contributed by atoms with van der Waals surface area (Å²) in [5.41, 5.74) is 0. The monoisotopic (exact) mass is 908 g/mol. The van der Waals surface area contributed by atoms with Crippen LogP contribution in [0, 0.1) is 0 Å². The zero-order chi connectivity index (χ0) is 46.4. The van der Waals surface area contributed by atoms with Gasteiger partial charge in [0, 0.05) is 12.8 Å². The lowest BCUT2D eigenvalue weighted by Crippen LogP contribution is -2.37. The third-order valence-electron chi connectivity index (χ3n) is 11.1. The summed E-state index contributed by atoms with van der Waals surface area (Å²) < 4.78 is 34.0. The van der Waals surface area contributed by atoms with Crippen LogP contribution < -0.4 is 4.89 Å². The van der Waals surface area contributed by atoms with Gasteiger partial charge >= 0.3 is 11.9 Å². The topological polar surface area (TPSA) is 111 Å². The third kappa shape index (κ3) is 49.2. The lowest BCUT2D eigenvalue weighted by Gasteiger charge is -2.28. The Hall–Kier alpha value is -2.03. The van der Waals surface area contributed by atoms with Crippen LogP contribution in [0.2, 0.25) is 0 Å². The molecule has 0 saturated heterocycles. The van der Waals surface area contributed by atoms with Crippen LogP contribution in [0.1, 0.15) is 226 Å². The van der Waals surface area contributed by atoms with Gasteiger partial charge in [0.1, 0.15) is 19.8 Å². The minimum atomic E-state index is -4.63. The van der Waals surface area contributed by atoms with E-state index in [2.05, 4.69) is 62.5 Å². The normalized spacial score (nSPS) is 13.8. The molecule has 0 saturated carbocycles. The van der Waals surface area contributed by atoms with Crippen LogP contribution in [0.25, 0.3) is 0 Å². The van der Waals surface area contributed by atoms with E-state index in [0.717, 1.165) is 64.2 Å². The number of phosphoric ester groups is 1. The maximum Gasteiger partial charge on any atom is 0.306 e. The van der Waals surface area contributed by atoms with Crippen molar-refractivity contribution in [3.8, 4) is 0 Å². The second-order valence-corrected chi connectivity index (χ2v) is 19.9. The minimum Gasteiger partial charge on any atom is -0.756 e. The van der Waals surface area contributed by atoms with Crippen molar-refractivity contribution in [3.05, 3.63) is 48.6 Å². The highest BCUT2D eigenvalue weighted by Gasteiger charge is 2.21. The SMILES string of the molecule is CCCCCC/C=C\C/C=C\CCCCCCCC(=O)OCC(COP(=O)([O-])OCC[N+](C)(C)C)OC(=O)CCCCCCCCCCCCC/C=C\C/C=C\CCCCCCC. The quantitative estimate of drug-likeness (QED) is 0.0195. The maximum absolute atomic E-state index is 12.7. The van der Waals surface area contributed by atoms with Gasteiger partial charge in [-0.2, -0.15) is 0 Å². The smallest absolute Gasteiger partial charge is 0.306 e. The molecule has 0 aromatic rings. The Morgan fingerprint density at radius 2 is 0.857 bits per heavy atom. The molecule has 0 fully saturated rings. The summed E-state index contributed by atoms with van der Waals surface area (Å²) in [6.45, 7) is 4.20. The zero-order valence-corrected chi connectivity index (χ0v) is 42.4. The van der Waals surface area contributed by atoms with Crippen LogP contribution in [0.15, 0.2) is 48.6 Å². The van der Waals surface area contributed by atoms with Crippen molar-refractivity contribution in [2.45, 2.75) is 232 Å². The Bertz CT molecular complexity index is 1210. The van der Waals surface area contributed by atoms with E-state index in [-0.39, 0.29) is 26.1 Å². The van der Waals surface area contributed by atoms with Gasteiger partial charge in [0.2, 0.25) is 0 Å². The lowest BCUT2D eigenvalue weighted by molar-refractivity contribution is -0.870. The van der Waals surface area contributed by atoms with Crippen molar-refractivity contribution < 1.29 is 42.1 Å². The van der Waals surface area contributed by atoms with Crippen LogP contribution >= 0.6 is 7.82 Å². The number of nitrogens with zero attached hydrogens (tertiary/aromatic N) is 1. The largest absolute Gasteiger partial charge is 0.756 e. The molecule has 0 radical (unpaired) electrons. The Morgan fingerprint density at radius 3 is 1.27 bits per heavy atom. The molecule has 0 aliphatic carbocycles. The number of hydrogen-bond donors (Lipinski definition) is 0. The highest BCUT2D eigenvalue weighted by Crippen LogP contribution is 2.38. The van der Waals surface area contributed by atoms with Crippen LogP contribution in [-0.2, 0) is 32.7 Å². The molecular weight excluding hydrogens is 810 g/mol. The first kappa shape index (κ1) is 61.0. The first-order chi connectivity index (χ1) is 30.5. The standard InChI is InChI=1S/C53H98NO8P/c1-6-8-10-12-14-16-18-20-22-24-25-26-27-28-29-30-32-34-36-38-40-42-44-46-53(56)62-51(50-61-63(57,58)60-48-47-54(3,4)5)49-59-52(55)45-43-41-39-37-35-33-31-23-21-19-17-15-13-11-9-7-2/h17-20,23-25,31,51H,6-16,21-22,26-30,32-50H2,1-5H3/b19-17-,20-18-,25-24-,31-23-. The second-order valence-electron chi connectivity index (χ2n) is 18.5. The summed E-state index contributed by atoms with van der Waals surface area (Å²) in [5, 5.41) is 0. The number of likely N-dealkylation sites (N-methyl/N-ethyl adjacent to an activating group) is 1. The van der Waals surface area contributed by atoms with Crippen molar-refractivity contribution in [1.29, 1.82) is 0 Å². The predicted octanol–water partition coefficient (Wildman–Crippen LogP) is 14.8. The van der Waals surface area contributed by atoms with Gasteiger partial charge in [-0.15, -0.1) is 0 Å². The van der Waals surface area contributed by atoms with Gasteiger partial charge in [0.05, 0.1) is 27.7 Å². The molecule has 2 atom stereocenters. The molecule has 63 heavy (non-hydrogen) atoms. The maximum atomic E-state index is 12.7. The number of quaternary nitrogens is 1. The molecule has 0 N–H and O–H groups in total. The summed E-state index contributed by atoms with van der Waals surface area (Å²) in [6, 6.07) is 0. The summed E-state index contributed by atoms with van der Waals surface area (Å²) in [6.07, 6.45) is 54.2. The van der Waals surface area contributed by atoms with Gasteiger partial charge in [-0.05, 0) is 77.0 Å². The summed E-state index contributed by atoms with van der Waals surface area (Å²) in [4.78, 5) is 37.7. The van der Waals surface area contributed by atoms with Crippen molar-refractivity contribution in [2.24, 2.45) is 0 Å². The average molecular weight is 908 g/mol. The van der Waals surface area contributed by atoms with Gasteiger partial charge in [-0.1, -0.05) is 184 Å². The van der Waals surface area contributed by atoms with Crippen LogP contribution in [0.4, 0.5) is 0 Å². The van der Waals surface area contributed by atoms with E-state index in [9.17, 15) is 19.0 Å². The molecule has 368 valence electrons.